The first-order valence-corrected chi connectivity index (χ1v) is 7.91. The Bertz CT molecular complexity index is 643. The molecule has 0 fully saturated rings. The van der Waals surface area contributed by atoms with Crippen LogP contribution >= 0.6 is 22.6 Å². The molecule has 2 aromatic rings. The number of anilines is 1. The van der Waals surface area contributed by atoms with Gasteiger partial charge in [-0.1, -0.05) is 6.07 Å². The zero-order chi connectivity index (χ0) is 14.3. The van der Waals surface area contributed by atoms with Crippen LogP contribution in [0.2, 0.25) is 0 Å². The van der Waals surface area contributed by atoms with Gasteiger partial charge in [0.25, 0.3) is 0 Å². The molecule has 0 saturated heterocycles. The number of benzene rings is 2. The van der Waals surface area contributed by atoms with Crippen LogP contribution in [0.5, 0.6) is 0 Å². The molecular weight excluding hydrogens is 364 g/mol. The molecule has 0 saturated carbocycles. The lowest BCUT2D eigenvalue weighted by Crippen LogP contribution is -2.30. The summed E-state index contributed by atoms with van der Waals surface area (Å²) in [5.74, 6) is -0.127. The molecular formula is C17H17FIN. The Kier molecular flexibility index (Phi) is 3.71. The average Bonchev–Trinajstić information content (AvgIpc) is 2.43. The third-order valence-corrected chi connectivity index (χ3v) is 5.67. The van der Waals surface area contributed by atoms with Crippen molar-refractivity contribution in [2.24, 2.45) is 0 Å². The van der Waals surface area contributed by atoms with Gasteiger partial charge in [0, 0.05) is 22.3 Å². The second-order valence-corrected chi connectivity index (χ2v) is 6.56. The molecule has 1 aliphatic rings. The van der Waals surface area contributed by atoms with Crippen molar-refractivity contribution in [1.29, 1.82) is 0 Å². The fraction of sp³-hybridized carbons (Fsp3) is 0.294. The molecule has 0 bridgehead atoms. The summed E-state index contributed by atoms with van der Waals surface area (Å²) in [6, 6.07) is 9.67. The summed E-state index contributed by atoms with van der Waals surface area (Å²) in [7, 11) is 0. The molecule has 0 aliphatic carbocycles. The van der Waals surface area contributed by atoms with Gasteiger partial charge < -0.3 is 4.90 Å². The van der Waals surface area contributed by atoms with Crippen molar-refractivity contribution in [2.45, 2.75) is 26.8 Å². The molecule has 1 aliphatic heterocycles. The summed E-state index contributed by atoms with van der Waals surface area (Å²) in [5.41, 5.74) is 6.32. The highest BCUT2D eigenvalue weighted by atomic mass is 127. The molecule has 0 N–H and O–H groups in total. The highest BCUT2D eigenvalue weighted by Gasteiger charge is 2.18. The summed E-state index contributed by atoms with van der Waals surface area (Å²) in [6.07, 6.45) is 0.914. The first kappa shape index (κ1) is 13.9. The number of hydrogen-bond donors (Lipinski definition) is 0. The van der Waals surface area contributed by atoms with Crippen molar-refractivity contribution in [3.8, 4) is 0 Å². The van der Waals surface area contributed by atoms with Crippen LogP contribution in [-0.2, 0) is 13.0 Å². The topological polar surface area (TPSA) is 3.24 Å². The molecule has 1 nitrogen and oxygen atoms in total. The van der Waals surface area contributed by atoms with E-state index < -0.39 is 0 Å². The monoisotopic (exact) mass is 381 g/mol. The zero-order valence-electron chi connectivity index (χ0n) is 11.7. The standard InChI is InChI=1S/C17H17FIN/c1-11-7-16(8-12(2)17(11)19)20-6-5-13-9-15(18)4-3-14(13)10-20/h3-4,7-9H,5-6,10H2,1-2H3. The first-order valence-electron chi connectivity index (χ1n) is 6.83. The van der Waals surface area contributed by atoms with Crippen LogP contribution in [0.25, 0.3) is 0 Å². The zero-order valence-corrected chi connectivity index (χ0v) is 13.9. The first-order chi connectivity index (χ1) is 9.54. The van der Waals surface area contributed by atoms with Crippen molar-refractivity contribution >= 4 is 28.3 Å². The average molecular weight is 381 g/mol. The van der Waals surface area contributed by atoms with Crippen molar-refractivity contribution in [3.05, 3.63) is 62.0 Å². The normalized spacial score (nSPS) is 14.3. The van der Waals surface area contributed by atoms with Crippen molar-refractivity contribution in [1.82, 2.24) is 0 Å². The van der Waals surface area contributed by atoms with Gasteiger partial charge in [0.2, 0.25) is 0 Å². The molecule has 2 aromatic carbocycles. The van der Waals surface area contributed by atoms with E-state index in [0.29, 0.717) is 0 Å². The summed E-state index contributed by atoms with van der Waals surface area (Å²) in [5, 5.41) is 0. The largest absolute Gasteiger partial charge is 0.367 e. The second kappa shape index (κ2) is 5.35. The van der Waals surface area contributed by atoms with E-state index in [4.69, 9.17) is 0 Å². The molecule has 0 aromatic heterocycles. The Morgan fingerprint density at radius 3 is 2.45 bits per heavy atom. The van der Waals surface area contributed by atoms with E-state index in [2.05, 4.69) is 53.5 Å². The van der Waals surface area contributed by atoms with E-state index >= 15 is 0 Å². The molecule has 1 heterocycles. The number of aryl methyl sites for hydroxylation is 2. The van der Waals surface area contributed by atoms with Crippen LogP contribution in [0.15, 0.2) is 30.3 Å². The second-order valence-electron chi connectivity index (χ2n) is 5.48. The van der Waals surface area contributed by atoms with E-state index in [0.717, 1.165) is 25.1 Å². The maximum Gasteiger partial charge on any atom is 0.123 e. The quantitative estimate of drug-likeness (QED) is 0.653. The predicted octanol–water partition coefficient (Wildman–Crippen LogP) is 4.61. The molecule has 0 spiro atoms. The Morgan fingerprint density at radius 1 is 1.05 bits per heavy atom. The molecule has 0 unspecified atom stereocenters. The van der Waals surface area contributed by atoms with Gasteiger partial charge in [0.1, 0.15) is 5.82 Å². The van der Waals surface area contributed by atoms with Gasteiger partial charge in [0.05, 0.1) is 0 Å². The molecule has 3 heteroatoms. The molecule has 0 atom stereocenters. The van der Waals surface area contributed by atoms with Gasteiger partial charge in [-0.2, -0.15) is 0 Å². The van der Waals surface area contributed by atoms with E-state index in [1.54, 1.807) is 12.1 Å². The maximum atomic E-state index is 13.3. The molecule has 0 amide bonds. The van der Waals surface area contributed by atoms with E-state index in [-0.39, 0.29) is 5.82 Å². The minimum atomic E-state index is -0.127. The number of hydrogen-bond acceptors (Lipinski definition) is 1. The van der Waals surface area contributed by atoms with Crippen LogP contribution < -0.4 is 4.90 Å². The Balaban J connectivity index is 1.92. The Labute approximate surface area is 132 Å². The van der Waals surface area contributed by atoms with Crippen LogP contribution in [0.3, 0.4) is 0 Å². The van der Waals surface area contributed by atoms with E-state index in [1.807, 2.05) is 6.07 Å². The highest BCUT2D eigenvalue weighted by molar-refractivity contribution is 14.1. The summed E-state index contributed by atoms with van der Waals surface area (Å²) in [4.78, 5) is 2.39. The van der Waals surface area contributed by atoms with Crippen LogP contribution in [0.4, 0.5) is 10.1 Å². The van der Waals surface area contributed by atoms with Gasteiger partial charge in [0.15, 0.2) is 0 Å². The molecule has 20 heavy (non-hydrogen) atoms. The third-order valence-electron chi connectivity index (χ3n) is 3.97. The van der Waals surface area contributed by atoms with Gasteiger partial charge in [-0.25, -0.2) is 4.39 Å². The third kappa shape index (κ3) is 2.55. The molecule has 104 valence electrons. The minimum absolute atomic E-state index is 0.127. The van der Waals surface area contributed by atoms with Gasteiger partial charge in [-0.3, -0.25) is 0 Å². The minimum Gasteiger partial charge on any atom is -0.367 e. The summed E-state index contributed by atoms with van der Waals surface area (Å²) < 4.78 is 14.6. The van der Waals surface area contributed by atoms with Crippen molar-refractivity contribution in [2.75, 3.05) is 11.4 Å². The smallest absolute Gasteiger partial charge is 0.123 e. The predicted molar refractivity (Wildman–Crippen MR) is 89.8 cm³/mol. The number of rotatable bonds is 1. The summed E-state index contributed by atoms with van der Waals surface area (Å²) in [6.45, 7) is 6.14. The fourth-order valence-electron chi connectivity index (χ4n) is 2.85. The van der Waals surface area contributed by atoms with Gasteiger partial charge >= 0.3 is 0 Å². The molecule has 3 rings (SSSR count). The fourth-order valence-corrected chi connectivity index (χ4v) is 3.16. The lowest BCUT2D eigenvalue weighted by Gasteiger charge is -2.31. The number of halogens is 2. The van der Waals surface area contributed by atoms with Gasteiger partial charge in [-0.15, -0.1) is 0 Å². The Hall–Kier alpha value is -1.10. The van der Waals surface area contributed by atoms with E-state index in [1.165, 1.54) is 25.9 Å². The van der Waals surface area contributed by atoms with Crippen LogP contribution in [-0.4, -0.2) is 6.54 Å². The van der Waals surface area contributed by atoms with Crippen LogP contribution in [0, 0.1) is 23.2 Å². The maximum absolute atomic E-state index is 13.3. The van der Waals surface area contributed by atoms with Crippen molar-refractivity contribution < 1.29 is 4.39 Å². The van der Waals surface area contributed by atoms with Crippen molar-refractivity contribution in [3.63, 3.8) is 0 Å². The summed E-state index contributed by atoms with van der Waals surface area (Å²) >= 11 is 2.40. The number of nitrogens with zero attached hydrogens (tertiary/aromatic N) is 1. The van der Waals surface area contributed by atoms with E-state index in [9.17, 15) is 4.39 Å². The molecule has 0 radical (unpaired) electrons. The lowest BCUT2D eigenvalue weighted by atomic mass is 9.98. The highest BCUT2D eigenvalue weighted by Crippen LogP contribution is 2.29. The SMILES string of the molecule is Cc1cc(N2CCc3cc(F)ccc3C2)cc(C)c1I. The Morgan fingerprint density at radius 2 is 1.75 bits per heavy atom. The lowest BCUT2D eigenvalue weighted by molar-refractivity contribution is 0.619. The van der Waals surface area contributed by atoms with Gasteiger partial charge in [-0.05, 0) is 89.4 Å². The van der Waals surface area contributed by atoms with Crippen LogP contribution in [0.1, 0.15) is 22.3 Å². The number of fused-ring (bicyclic) bond motifs is 1.